The third-order valence-corrected chi connectivity index (χ3v) is 5.85. The second kappa shape index (κ2) is 3.97. The Bertz CT molecular complexity index is 495. The fourth-order valence-electron chi connectivity index (χ4n) is 1.62. The minimum absolute atomic E-state index is 0.235. The van der Waals surface area contributed by atoms with Crippen LogP contribution in [0.1, 0.15) is 19.0 Å². The van der Waals surface area contributed by atoms with Crippen LogP contribution in [0.4, 0.5) is 5.13 Å². The number of rotatable bonds is 4. The molecule has 2 atom stereocenters. The van der Waals surface area contributed by atoms with E-state index >= 15 is 0 Å². The van der Waals surface area contributed by atoms with Crippen molar-refractivity contribution < 1.29 is 8.42 Å². The van der Waals surface area contributed by atoms with Crippen LogP contribution in [0.3, 0.4) is 0 Å². The van der Waals surface area contributed by atoms with Crippen LogP contribution in [0.2, 0.25) is 0 Å². The zero-order valence-corrected chi connectivity index (χ0v) is 10.9. The maximum Gasteiger partial charge on any atom is 0.252 e. The molecular weight excluding hydrogens is 246 g/mol. The number of thiazole rings is 1. The van der Waals surface area contributed by atoms with Gasteiger partial charge >= 0.3 is 0 Å². The number of aryl methyl sites for hydroxylation is 1. The second-order valence-corrected chi connectivity index (χ2v) is 7.24. The van der Waals surface area contributed by atoms with Crippen molar-refractivity contribution >= 4 is 26.5 Å². The Morgan fingerprint density at radius 1 is 1.62 bits per heavy atom. The monoisotopic (exact) mass is 261 g/mol. The zero-order chi connectivity index (χ0) is 11.9. The molecule has 1 heterocycles. The summed E-state index contributed by atoms with van der Waals surface area (Å²) in [5, 5.41) is 0.290. The van der Waals surface area contributed by atoms with Crippen molar-refractivity contribution in [3.05, 3.63) is 5.69 Å². The van der Waals surface area contributed by atoms with E-state index in [0.717, 1.165) is 17.8 Å². The molecule has 0 amide bonds. The van der Waals surface area contributed by atoms with Gasteiger partial charge in [0.2, 0.25) is 0 Å². The van der Waals surface area contributed by atoms with Gasteiger partial charge in [-0.05, 0) is 25.2 Å². The lowest BCUT2D eigenvalue weighted by Gasteiger charge is -2.03. The molecule has 0 bridgehead atoms. The summed E-state index contributed by atoms with van der Waals surface area (Å²) in [7, 11) is -3.42. The first-order chi connectivity index (χ1) is 7.40. The molecule has 1 aromatic rings. The summed E-state index contributed by atoms with van der Waals surface area (Å²) in [6.07, 6.45) is 1.10. The minimum Gasteiger partial charge on any atom is -0.375 e. The lowest BCUT2D eigenvalue weighted by molar-refractivity contribution is 0.576. The van der Waals surface area contributed by atoms with E-state index in [0.29, 0.717) is 24.1 Å². The molecule has 1 aliphatic carbocycles. The minimum atomic E-state index is -3.42. The molecule has 5 nitrogen and oxygen atoms in total. The summed E-state index contributed by atoms with van der Waals surface area (Å²) in [6, 6.07) is 0. The lowest BCUT2D eigenvalue weighted by atomic mass is 10.3. The number of nitrogen functional groups attached to an aromatic ring is 1. The molecule has 2 unspecified atom stereocenters. The van der Waals surface area contributed by atoms with Gasteiger partial charge in [-0.25, -0.2) is 18.1 Å². The van der Waals surface area contributed by atoms with E-state index in [1.165, 1.54) is 0 Å². The van der Waals surface area contributed by atoms with E-state index in [2.05, 4.69) is 16.6 Å². The molecule has 7 heteroatoms. The zero-order valence-electron chi connectivity index (χ0n) is 9.23. The van der Waals surface area contributed by atoms with Crippen LogP contribution >= 0.6 is 11.3 Å². The van der Waals surface area contributed by atoms with E-state index in [1.807, 2.05) is 0 Å². The first-order valence-electron chi connectivity index (χ1n) is 5.12. The summed E-state index contributed by atoms with van der Waals surface area (Å²) >= 11 is 1.01. The summed E-state index contributed by atoms with van der Waals surface area (Å²) in [4.78, 5) is 3.91. The number of anilines is 1. The number of hydrogen-bond acceptors (Lipinski definition) is 5. The van der Waals surface area contributed by atoms with Crippen molar-refractivity contribution in [1.82, 2.24) is 9.71 Å². The highest BCUT2D eigenvalue weighted by Crippen LogP contribution is 2.37. The summed E-state index contributed by atoms with van der Waals surface area (Å²) < 4.78 is 26.7. The maximum atomic E-state index is 11.9. The van der Waals surface area contributed by atoms with E-state index < -0.39 is 10.0 Å². The molecule has 1 aromatic heterocycles. The van der Waals surface area contributed by atoms with Gasteiger partial charge < -0.3 is 5.73 Å². The average molecular weight is 261 g/mol. The molecule has 16 heavy (non-hydrogen) atoms. The molecule has 2 rings (SSSR count). The molecule has 0 aromatic carbocycles. The van der Waals surface area contributed by atoms with Gasteiger partial charge in [0.15, 0.2) is 9.34 Å². The molecule has 3 N–H and O–H groups in total. The normalized spacial score (nSPS) is 24.6. The summed E-state index contributed by atoms with van der Waals surface area (Å²) in [6.45, 7) is 4.29. The second-order valence-electron chi connectivity index (χ2n) is 4.25. The maximum absolute atomic E-state index is 11.9. The number of aromatic nitrogens is 1. The Kier molecular flexibility index (Phi) is 2.93. The van der Waals surface area contributed by atoms with Crippen LogP contribution in [0.5, 0.6) is 0 Å². The summed E-state index contributed by atoms with van der Waals surface area (Å²) in [5.41, 5.74) is 5.95. The van der Waals surface area contributed by atoms with Crippen LogP contribution in [-0.4, -0.2) is 19.9 Å². The quantitative estimate of drug-likeness (QED) is 0.845. The van der Waals surface area contributed by atoms with Gasteiger partial charge in [-0.2, -0.15) is 0 Å². The SMILES string of the molecule is Cc1nc(N)sc1S(=O)(=O)NCC1CC1C. The average Bonchev–Trinajstić information content (AvgIpc) is 2.76. The van der Waals surface area contributed by atoms with E-state index in [9.17, 15) is 8.42 Å². The standard InChI is InChI=1S/C9H15N3O2S2/c1-5-3-7(5)4-11-16(13,14)8-6(2)12-9(10)15-8/h5,7,11H,3-4H2,1-2H3,(H2,10,12). The highest BCUT2D eigenvalue weighted by Gasteiger charge is 2.34. The van der Waals surface area contributed by atoms with Gasteiger partial charge in [0, 0.05) is 6.54 Å². The molecule has 0 spiro atoms. The molecule has 0 aliphatic heterocycles. The fourth-order valence-corrected chi connectivity index (χ4v) is 4.05. The first-order valence-corrected chi connectivity index (χ1v) is 7.42. The number of nitrogens with zero attached hydrogens (tertiary/aromatic N) is 1. The van der Waals surface area contributed by atoms with Crippen molar-refractivity contribution in [2.75, 3.05) is 12.3 Å². The highest BCUT2D eigenvalue weighted by molar-refractivity contribution is 7.91. The van der Waals surface area contributed by atoms with Gasteiger partial charge in [0.25, 0.3) is 10.0 Å². The predicted octanol–water partition coefficient (Wildman–Crippen LogP) is 0.968. The van der Waals surface area contributed by atoms with Crippen molar-refractivity contribution in [3.63, 3.8) is 0 Å². The molecule has 1 saturated carbocycles. The molecule has 1 fully saturated rings. The third kappa shape index (κ3) is 2.36. The Balaban J connectivity index is 2.09. The Hall–Kier alpha value is -0.660. The van der Waals surface area contributed by atoms with E-state index in [-0.39, 0.29) is 9.34 Å². The van der Waals surface area contributed by atoms with Crippen LogP contribution < -0.4 is 10.5 Å². The Morgan fingerprint density at radius 2 is 2.25 bits per heavy atom. The van der Waals surface area contributed by atoms with Crippen molar-refractivity contribution in [1.29, 1.82) is 0 Å². The molecule has 0 saturated heterocycles. The number of nitrogens with two attached hydrogens (primary N) is 1. The number of sulfonamides is 1. The van der Waals surface area contributed by atoms with Crippen LogP contribution in [0.15, 0.2) is 4.21 Å². The van der Waals surface area contributed by atoms with E-state index in [4.69, 9.17) is 5.73 Å². The van der Waals surface area contributed by atoms with Crippen molar-refractivity contribution in [3.8, 4) is 0 Å². The molecule has 90 valence electrons. The third-order valence-electron chi connectivity index (χ3n) is 2.83. The molecule has 1 aliphatic rings. The van der Waals surface area contributed by atoms with Crippen molar-refractivity contribution in [2.45, 2.75) is 24.5 Å². The Labute approximate surface area is 99.1 Å². The van der Waals surface area contributed by atoms with Gasteiger partial charge in [0.1, 0.15) is 0 Å². The fraction of sp³-hybridized carbons (Fsp3) is 0.667. The highest BCUT2D eigenvalue weighted by atomic mass is 32.2. The number of hydrogen-bond donors (Lipinski definition) is 2. The largest absolute Gasteiger partial charge is 0.375 e. The first kappa shape index (κ1) is 11.8. The van der Waals surface area contributed by atoms with Gasteiger partial charge in [0.05, 0.1) is 5.69 Å². The number of nitrogens with one attached hydrogen (secondary N) is 1. The Morgan fingerprint density at radius 3 is 2.69 bits per heavy atom. The summed E-state index contributed by atoms with van der Waals surface area (Å²) in [5.74, 6) is 1.12. The molecule has 0 radical (unpaired) electrons. The van der Waals surface area contributed by atoms with Gasteiger partial charge in [-0.1, -0.05) is 18.3 Å². The van der Waals surface area contributed by atoms with Crippen LogP contribution in [0, 0.1) is 18.8 Å². The van der Waals surface area contributed by atoms with Gasteiger partial charge in [-0.15, -0.1) is 0 Å². The van der Waals surface area contributed by atoms with E-state index in [1.54, 1.807) is 6.92 Å². The van der Waals surface area contributed by atoms with Gasteiger partial charge in [-0.3, -0.25) is 0 Å². The lowest BCUT2D eigenvalue weighted by Crippen LogP contribution is -2.26. The molecular formula is C9H15N3O2S2. The topological polar surface area (TPSA) is 85.1 Å². The predicted molar refractivity (Wildman–Crippen MR) is 63.7 cm³/mol. The van der Waals surface area contributed by atoms with Crippen molar-refractivity contribution in [2.24, 2.45) is 11.8 Å². The smallest absolute Gasteiger partial charge is 0.252 e. The van der Waals surface area contributed by atoms with Crippen LogP contribution in [-0.2, 0) is 10.0 Å². The van der Waals surface area contributed by atoms with Crippen LogP contribution in [0.25, 0.3) is 0 Å².